The van der Waals surface area contributed by atoms with E-state index in [1.807, 2.05) is 37.3 Å². The first-order valence-electron chi connectivity index (χ1n) is 8.51. The zero-order valence-electron chi connectivity index (χ0n) is 14.6. The summed E-state index contributed by atoms with van der Waals surface area (Å²) in [6.07, 6.45) is 0. The summed E-state index contributed by atoms with van der Waals surface area (Å²) in [5.74, 6) is 0.118. The quantitative estimate of drug-likeness (QED) is 0.486. The predicted octanol–water partition coefficient (Wildman–Crippen LogP) is 5.21. The second-order valence-electron chi connectivity index (χ2n) is 6.17. The molecule has 0 aliphatic carbocycles. The zero-order chi connectivity index (χ0) is 19.0. The van der Waals surface area contributed by atoms with Crippen LogP contribution in [0.1, 0.15) is 4.88 Å². The summed E-state index contributed by atoms with van der Waals surface area (Å²) >= 11 is 1.42. The number of benzene rings is 2. The highest BCUT2D eigenvalue weighted by Gasteiger charge is 2.20. The lowest BCUT2D eigenvalue weighted by Crippen LogP contribution is -2.24. The van der Waals surface area contributed by atoms with E-state index in [0.29, 0.717) is 16.0 Å². The van der Waals surface area contributed by atoms with Crippen LogP contribution in [0.25, 0.3) is 32.7 Å². The largest absolute Gasteiger partial charge is 0.289 e. The first-order valence-corrected chi connectivity index (χ1v) is 9.33. The van der Waals surface area contributed by atoms with Gasteiger partial charge in [0.15, 0.2) is 0 Å². The normalized spacial score (nSPS) is 11.2. The van der Waals surface area contributed by atoms with E-state index in [-0.39, 0.29) is 17.9 Å². The van der Waals surface area contributed by atoms with Gasteiger partial charge in [-0.1, -0.05) is 42.5 Å². The molecule has 0 aliphatic rings. The molecule has 4 aromatic rings. The maximum absolute atomic E-state index is 13.3. The lowest BCUT2D eigenvalue weighted by molar-refractivity contribution is 0.441. The smallest absolute Gasteiger partial charge is 0.263 e. The minimum atomic E-state index is -0.665. The molecule has 3 nitrogen and oxygen atoms in total. The number of thiophene rings is 1. The molecular formula is C21H16F2N2OS. The highest BCUT2D eigenvalue weighted by molar-refractivity contribution is 7.19. The summed E-state index contributed by atoms with van der Waals surface area (Å²) in [6, 6.07) is 15.3. The summed E-state index contributed by atoms with van der Waals surface area (Å²) in [4.78, 5) is 19.5. The molecule has 0 bridgehead atoms. The predicted molar refractivity (Wildman–Crippen MR) is 105 cm³/mol. The molecule has 0 saturated heterocycles. The lowest BCUT2D eigenvalue weighted by atomic mass is 10.0. The fraction of sp³-hybridized carbons (Fsp3) is 0.143. The van der Waals surface area contributed by atoms with Gasteiger partial charge in [-0.2, -0.15) is 0 Å². The highest BCUT2D eigenvalue weighted by atomic mass is 32.1. The van der Waals surface area contributed by atoms with E-state index < -0.39 is 6.67 Å². The molecule has 136 valence electrons. The molecule has 4 rings (SSSR count). The Bertz CT molecular complexity index is 1160. The van der Waals surface area contributed by atoms with E-state index >= 15 is 0 Å². The van der Waals surface area contributed by atoms with Crippen LogP contribution in [0.5, 0.6) is 0 Å². The molecule has 0 fully saturated rings. The van der Waals surface area contributed by atoms with Crippen LogP contribution in [0.3, 0.4) is 0 Å². The number of aryl methyl sites for hydroxylation is 1. The highest BCUT2D eigenvalue weighted by Crippen LogP contribution is 2.36. The minimum absolute atomic E-state index is 0.0657. The Morgan fingerprint density at radius 3 is 2.41 bits per heavy atom. The van der Waals surface area contributed by atoms with Gasteiger partial charge in [-0.3, -0.25) is 9.36 Å². The summed E-state index contributed by atoms with van der Waals surface area (Å²) in [5.41, 5.74) is 1.97. The van der Waals surface area contributed by atoms with E-state index in [2.05, 4.69) is 0 Å². The van der Waals surface area contributed by atoms with Crippen molar-refractivity contribution in [3.63, 3.8) is 0 Å². The van der Waals surface area contributed by atoms with Gasteiger partial charge in [0.2, 0.25) is 0 Å². The molecule has 0 N–H and O–H groups in total. The van der Waals surface area contributed by atoms with Crippen LogP contribution in [-0.4, -0.2) is 16.2 Å². The molecule has 2 aromatic carbocycles. The molecule has 2 heterocycles. The maximum atomic E-state index is 13.3. The minimum Gasteiger partial charge on any atom is -0.289 e. The summed E-state index contributed by atoms with van der Waals surface area (Å²) in [6.45, 7) is 1.18. The maximum Gasteiger partial charge on any atom is 0.263 e. The first-order chi connectivity index (χ1) is 13.1. The van der Waals surface area contributed by atoms with Gasteiger partial charge in [-0.25, -0.2) is 13.8 Å². The van der Waals surface area contributed by atoms with Crippen LogP contribution in [0.2, 0.25) is 0 Å². The van der Waals surface area contributed by atoms with E-state index in [4.69, 9.17) is 4.98 Å². The average molecular weight is 382 g/mol. The molecule has 6 heteroatoms. The average Bonchev–Trinajstić information content (AvgIpc) is 3.01. The van der Waals surface area contributed by atoms with Crippen LogP contribution in [0.4, 0.5) is 8.78 Å². The number of rotatable bonds is 4. The van der Waals surface area contributed by atoms with Gasteiger partial charge < -0.3 is 0 Å². The Morgan fingerprint density at radius 1 is 1.04 bits per heavy atom. The Balaban J connectivity index is 2.04. The summed E-state index contributed by atoms with van der Waals surface area (Å²) in [7, 11) is 0. The van der Waals surface area contributed by atoms with Gasteiger partial charge in [0.25, 0.3) is 5.56 Å². The van der Waals surface area contributed by atoms with Gasteiger partial charge in [-0.15, -0.1) is 11.3 Å². The van der Waals surface area contributed by atoms with Crippen LogP contribution in [0, 0.1) is 12.7 Å². The molecule has 0 atom stereocenters. The van der Waals surface area contributed by atoms with E-state index in [1.165, 1.54) is 28.0 Å². The number of hydrogen-bond acceptors (Lipinski definition) is 3. The molecular weight excluding hydrogens is 366 g/mol. The van der Waals surface area contributed by atoms with Crippen molar-refractivity contribution in [1.29, 1.82) is 0 Å². The fourth-order valence-corrected chi connectivity index (χ4v) is 4.29. The number of aromatic nitrogens is 2. The molecule has 0 radical (unpaired) electrons. The lowest BCUT2D eigenvalue weighted by Gasteiger charge is -2.11. The van der Waals surface area contributed by atoms with Crippen molar-refractivity contribution in [2.45, 2.75) is 13.5 Å². The monoisotopic (exact) mass is 382 g/mol. The van der Waals surface area contributed by atoms with Crippen LogP contribution >= 0.6 is 11.3 Å². The molecule has 0 aliphatic heterocycles. The van der Waals surface area contributed by atoms with Crippen molar-refractivity contribution in [3.05, 3.63) is 75.6 Å². The third-order valence-corrected chi connectivity index (χ3v) is 5.46. The topological polar surface area (TPSA) is 34.9 Å². The van der Waals surface area contributed by atoms with Gasteiger partial charge in [0.1, 0.15) is 23.1 Å². The van der Waals surface area contributed by atoms with Crippen molar-refractivity contribution in [3.8, 4) is 22.5 Å². The summed E-state index contributed by atoms with van der Waals surface area (Å²) in [5, 5.41) is 0.456. The molecule has 0 amide bonds. The van der Waals surface area contributed by atoms with E-state index in [9.17, 15) is 13.6 Å². The van der Waals surface area contributed by atoms with Gasteiger partial charge in [0, 0.05) is 16.0 Å². The third kappa shape index (κ3) is 3.06. The van der Waals surface area contributed by atoms with Crippen molar-refractivity contribution in [2.24, 2.45) is 0 Å². The van der Waals surface area contributed by atoms with Crippen LogP contribution in [-0.2, 0) is 6.54 Å². The van der Waals surface area contributed by atoms with E-state index in [0.717, 1.165) is 21.6 Å². The number of alkyl halides is 1. The Morgan fingerprint density at radius 2 is 1.74 bits per heavy atom. The number of halogens is 2. The Labute approximate surface area is 158 Å². The van der Waals surface area contributed by atoms with Crippen molar-refractivity contribution in [1.82, 2.24) is 9.55 Å². The van der Waals surface area contributed by atoms with Crippen LogP contribution in [0.15, 0.2) is 59.4 Å². The number of nitrogens with zero attached hydrogens (tertiary/aromatic N) is 2. The number of fused-ring (bicyclic) bond motifs is 1. The zero-order valence-corrected chi connectivity index (χ0v) is 15.4. The second kappa shape index (κ2) is 7.04. The fourth-order valence-electron chi connectivity index (χ4n) is 3.26. The Hall–Kier alpha value is -2.86. The van der Waals surface area contributed by atoms with Crippen molar-refractivity contribution < 1.29 is 8.78 Å². The third-order valence-electron chi connectivity index (χ3n) is 4.46. The summed E-state index contributed by atoms with van der Waals surface area (Å²) < 4.78 is 27.9. The number of hydrogen-bond donors (Lipinski definition) is 0. The standard InChI is InChI=1S/C21H16F2N2OS/c1-13-17(14-7-9-16(23)10-8-14)18-20(27-13)24-19(15-5-3-2-4-6-15)25(12-11-22)21(18)26/h2-10H,11-12H2,1H3. The Kier molecular flexibility index (Phi) is 4.58. The van der Waals surface area contributed by atoms with Crippen molar-refractivity contribution >= 4 is 21.6 Å². The second-order valence-corrected chi connectivity index (χ2v) is 7.37. The molecule has 0 spiro atoms. The molecule has 2 aromatic heterocycles. The van der Waals surface area contributed by atoms with Crippen LogP contribution < -0.4 is 5.56 Å². The van der Waals surface area contributed by atoms with Gasteiger partial charge >= 0.3 is 0 Å². The molecule has 27 heavy (non-hydrogen) atoms. The van der Waals surface area contributed by atoms with Gasteiger partial charge in [0.05, 0.1) is 11.9 Å². The van der Waals surface area contributed by atoms with Gasteiger partial charge in [-0.05, 0) is 24.6 Å². The first kappa shape index (κ1) is 17.5. The molecule has 0 saturated carbocycles. The molecule has 0 unspecified atom stereocenters. The SMILES string of the molecule is Cc1sc2nc(-c3ccccc3)n(CCF)c(=O)c2c1-c1ccc(F)cc1. The van der Waals surface area contributed by atoms with E-state index in [1.54, 1.807) is 12.1 Å². The van der Waals surface area contributed by atoms with Crippen molar-refractivity contribution in [2.75, 3.05) is 6.67 Å².